The van der Waals surface area contributed by atoms with Crippen molar-refractivity contribution in [1.29, 1.82) is 0 Å². The maximum Gasteiger partial charge on any atom is 1.00 e. The van der Waals surface area contributed by atoms with Crippen LogP contribution in [0.2, 0.25) is 0 Å². The maximum atomic E-state index is 2.33. The van der Waals surface area contributed by atoms with Crippen LogP contribution in [0.1, 0.15) is 51.5 Å². The molecule has 36 heavy (non-hydrogen) atoms. The Kier molecular flexibility index (Phi) is 7.48. The first-order chi connectivity index (χ1) is 17.4. The van der Waals surface area contributed by atoms with Crippen molar-refractivity contribution in [2.24, 2.45) is 0 Å². The molecule has 0 amide bonds. The molecule has 0 heterocycles. The van der Waals surface area contributed by atoms with E-state index >= 15 is 0 Å². The van der Waals surface area contributed by atoms with Gasteiger partial charge in [-0.2, -0.15) is 23.6 Å². The van der Waals surface area contributed by atoms with E-state index in [2.05, 4.69) is 152 Å². The van der Waals surface area contributed by atoms with E-state index in [9.17, 15) is 0 Å². The summed E-state index contributed by atoms with van der Waals surface area (Å²) in [5, 5.41) is 0. The van der Waals surface area contributed by atoms with E-state index < -0.39 is 0 Å². The van der Waals surface area contributed by atoms with Crippen molar-refractivity contribution >= 4 is 0 Å². The normalized spacial score (nSPS) is 21.1. The first kappa shape index (κ1) is 24.3. The Morgan fingerprint density at radius 2 is 0.611 bits per heavy atom. The second-order valence-corrected chi connectivity index (χ2v) is 9.47. The van der Waals surface area contributed by atoms with Crippen molar-refractivity contribution in [2.75, 3.05) is 0 Å². The second-order valence-electron chi connectivity index (χ2n) is 9.47. The van der Waals surface area contributed by atoms with Gasteiger partial charge in [0.15, 0.2) is 0 Å². The summed E-state index contributed by atoms with van der Waals surface area (Å²) in [4.78, 5) is 0. The molecule has 0 saturated heterocycles. The Bertz CT molecular complexity index is 1070. The minimum Gasteiger partial charge on any atom is -0.188 e. The van der Waals surface area contributed by atoms with Gasteiger partial charge in [-0.3, -0.25) is 0 Å². The molecule has 4 unspecified atom stereocenters. The monoisotopic (exact) mass is 456 g/mol. The van der Waals surface area contributed by atoms with Gasteiger partial charge in [-0.15, -0.1) is 12.1 Å². The van der Waals surface area contributed by atoms with Crippen LogP contribution in [0, 0.1) is 5.92 Å². The summed E-state index contributed by atoms with van der Waals surface area (Å²) in [6, 6.07) is 55.7. The fourth-order valence-corrected chi connectivity index (χ4v) is 6.23. The van der Waals surface area contributed by atoms with Gasteiger partial charge in [-0.1, -0.05) is 139 Å². The molecule has 1 aliphatic carbocycles. The van der Waals surface area contributed by atoms with Crippen molar-refractivity contribution in [2.45, 2.75) is 23.7 Å². The SMILES string of the molecule is [Li+].c1ccc([C-]2C(c3ccccc3)C(c3ccccc3)C(c3ccccc3)C2c2ccccc2)cc1. The van der Waals surface area contributed by atoms with E-state index in [-0.39, 0.29) is 30.7 Å². The van der Waals surface area contributed by atoms with Crippen LogP contribution >= 0.6 is 0 Å². The molecule has 1 saturated carbocycles. The Labute approximate surface area is 227 Å². The molecular weight excluding hydrogens is 427 g/mol. The summed E-state index contributed by atoms with van der Waals surface area (Å²) < 4.78 is 0. The Morgan fingerprint density at radius 3 is 0.944 bits per heavy atom. The van der Waals surface area contributed by atoms with Gasteiger partial charge >= 0.3 is 18.9 Å². The predicted molar refractivity (Wildman–Crippen MR) is 146 cm³/mol. The molecule has 0 spiro atoms. The van der Waals surface area contributed by atoms with Gasteiger partial charge in [0.25, 0.3) is 0 Å². The van der Waals surface area contributed by atoms with Gasteiger partial charge in [0.1, 0.15) is 0 Å². The van der Waals surface area contributed by atoms with Crippen molar-refractivity contribution in [3.05, 3.63) is 185 Å². The van der Waals surface area contributed by atoms with E-state index in [1.165, 1.54) is 33.7 Å². The van der Waals surface area contributed by atoms with Crippen molar-refractivity contribution in [1.82, 2.24) is 0 Å². The molecule has 0 radical (unpaired) electrons. The molecule has 0 aromatic heterocycles. The van der Waals surface area contributed by atoms with Gasteiger partial charge < -0.3 is 0 Å². The fraction of sp³-hybridized carbons (Fsp3) is 0.114. The van der Waals surface area contributed by atoms with Gasteiger partial charge in [-0.05, 0) is 34.8 Å². The van der Waals surface area contributed by atoms with E-state index in [1.54, 1.807) is 0 Å². The number of hydrogen-bond acceptors (Lipinski definition) is 0. The summed E-state index contributed by atoms with van der Waals surface area (Å²) >= 11 is 0. The molecule has 0 aliphatic heterocycles. The van der Waals surface area contributed by atoms with E-state index in [0.717, 1.165) is 0 Å². The van der Waals surface area contributed by atoms with Gasteiger partial charge in [0.05, 0.1) is 0 Å². The molecule has 0 nitrogen and oxygen atoms in total. The van der Waals surface area contributed by atoms with E-state index in [0.29, 0.717) is 11.8 Å². The average Bonchev–Trinajstić information content (AvgIpc) is 3.32. The van der Waals surface area contributed by atoms with Gasteiger partial charge in [0, 0.05) is 0 Å². The van der Waals surface area contributed by atoms with E-state index in [1.807, 2.05) is 0 Å². The number of hydrogen-bond donors (Lipinski definition) is 0. The summed E-state index contributed by atoms with van der Waals surface area (Å²) in [5.74, 6) is 2.71. The zero-order chi connectivity index (χ0) is 23.5. The topological polar surface area (TPSA) is 0 Å². The quantitative estimate of drug-likeness (QED) is 0.233. The molecule has 1 fully saturated rings. The standard InChI is InChI=1S/C35H29.Li/c1-6-16-26(17-7-1)31-32(27-18-8-2-9-19-27)34(29-22-12-4-13-23-29)35(30-24-14-5-15-25-30)33(31)28-20-10-3-11-21-28;/h1-25,31-34H;/q-1;+1. The van der Waals surface area contributed by atoms with Gasteiger partial charge in [-0.25, -0.2) is 0 Å². The summed E-state index contributed by atoms with van der Waals surface area (Å²) in [5.41, 5.74) is 6.93. The van der Waals surface area contributed by atoms with Crippen LogP contribution in [0.4, 0.5) is 0 Å². The maximum absolute atomic E-state index is 2.33. The zero-order valence-electron chi connectivity index (χ0n) is 20.7. The van der Waals surface area contributed by atoms with Crippen molar-refractivity contribution in [3.8, 4) is 0 Å². The smallest absolute Gasteiger partial charge is 0.188 e. The average molecular weight is 457 g/mol. The summed E-state index contributed by atoms with van der Waals surface area (Å²) in [7, 11) is 0. The van der Waals surface area contributed by atoms with Crippen LogP contribution in [-0.4, -0.2) is 0 Å². The molecular formula is C35H29Li. The predicted octanol–water partition coefficient (Wildman–Crippen LogP) is 5.76. The minimum atomic E-state index is 0. The number of benzene rings is 5. The Morgan fingerprint density at radius 1 is 0.333 bits per heavy atom. The Balaban J connectivity index is 0.00000267. The van der Waals surface area contributed by atoms with Gasteiger partial charge in [0.2, 0.25) is 0 Å². The summed E-state index contributed by atoms with van der Waals surface area (Å²) in [6.07, 6.45) is 0. The molecule has 1 heteroatoms. The van der Waals surface area contributed by atoms with Crippen LogP contribution in [0.3, 0.4) is 0 Å². The molecule has 4 atom stereocenters. The molecule has 5 aromatic rings. The second kappa shape index (κ2) is 11.1. The zero-order valence-corrected chi connectivity index (χ0v) is 20.7. The van der Waals surface area contributed by atoms with Crippen LogP contribution in [0.25, 0.3) is 0 Å². The molecule has 1 aliphatic rings. The van der Waals surface area contributed by atoms with Crippen molar-refractivity contribution in [3.63, 3.8) is 0 Å². The van der Waals surface area contributed by atoms with Crippen molar-refractivity contribution < 1.29 is 18.9 Å². The largest absolute Gasteiger partial charge is 1.00 e. The molecule has 0 N–H and O–H groups in total. The Hall–Kier alpha value is -3.43. The third kappa shape index (κ3) is 4.56. The third-order valence-electron chi connectivity index (χ3n) is 7.57. The van der Waals surface area contributed by atoms with Crippen LogP contribution in [-0.2, 0) is 0 Å². The minimum absolute atomic E-state index is 0. The molecule has 5 aromatic carbocycles. The first-order valence-corrected chi connectivity index (χ1v) is 12.5. The fourth-order valence-electron chi connectivity index (χ4n) is 6.23. The molecule has 170 valence electrons. The van der Waals surface area contributed by atoms with E-state index in [4.69, 9.17) is 0 Å². The van der Waals surface area contributed by atoms with Crippen LogP contribution in [0.15, 0.2) is 152 Å². The van der Waals surface area contributed by atoms with Crippen LogP contribution in [0.5, 0.6) is 0 Å². The third-order valence-corrected chi connectivity index (χ3v) is 7.57. The molecule has 0 bridgehead atoms. The van der Waals surface area contributed by atoms with Crippen LogP contribution < -0.4 is 18.9 Å². The molecule has 6 rings (SSSR count). The number of rotatable bonds is 5. The first-order valence-electron chi connectivity index (χ1n) is 12.5. The summed E-state index contributed by atoms with van der Waals surface area (Å²) in [6.45, 7) is 0.